The standard InChI is InChI=1S/C31H35ClFN3O5S/c1-41-29-17-16-25(19-26(29)32)36(42(2,39)40)21-30(37)35(20-23-12-6-9-15-27(23)33)28(18-22-10-4-3-5-11-22)31(38)34-24-13-7-8-14-24/h3-6,9-12,15-17,19,24,28H,7-8,13-14,18,20-21H2,1-2H3,(H,34,38). The number of carbonyl (C=O) groups excluding carboxylic acids is 2. The molecule has 1 fully saturated rings. The van der Waals surface area contributed by atoms with Gasteiger partial charge >= 0.3 is 0 Å². The van der Waals surface area contributed by atoms with E-state index in [-0.39, 0.29) is 41.2 Å². The highest BCUT2D eigenvalue weighted by molar-refractivity contribution is 7.92. The third-order valence-corrected chi connectivity index (χ3v) is 8.81. The lowest BCUT2D eigenvalue weighted by atomic mass is 10.0. The number of anilines is 1. The van der Waals surface area contributed by atoms with Gasteiger partial charge in [0.15, 0.2) is 0 Å². The van der Waals surface area contributed by atoms with Crippen molar-refractivity contribution >= 4 is 39.1 Å². The first-order valence-corrected chi connectivity index (χ1v) is 16.0. The van der Waals surface area contributed by atoms with Crippen LogP contribution in [0.15, 0.2) is 72.8 Å². The van der Waals surface area contributed by atoms with Crippen LogP contribution >= 0.6 is 11.6 Å². The molecule has 1 saturated carbocycles. The van der Waals surface area contributed by atoms with Crippen LogP contribution in [0.3, 0.4) is 0 Å². The Hall–Kier alpha value is -3.63. The summed E-state index contributed by atoms with van der Waals surface area (Å²) in [4.78, 5) is 29.2. The maximum Gasteiger partial charge on any atom is 0.244 e. The second-order valence-corrected chi connectivity index (χ2v) is 12.7. The van der Waals surface area contributed by atoms with E-state index in [9.17, 15) is 22.4 Å². The van der Waals surface area contributed by atoms with Gasteiger partial charge in [0.2, 0.25) is 21.8 Å². The van der Waals surface area contributed by atoms with Gasteiger partial charge in [-0.05, 0) is 42.7 Å². The summed E-state index contributed by atoms with van der Waals surface area (Å²) in [7, 11) is -2.54. The molecule has 1 aliphatic rings. The fourth-order valence-electron chi connectivity index (χ4n) is 5.16. The van der Waals surface area contributed by atoms with Crippen LogP contribution in [0, 0.1) is 5.82 Å². The maximum absolute atomic E-state index is 14.9. The van der Waals surface area contributed by atoms with E-state index in [1.807, 2.05) is 30.3 Å². The fourth-order valence-corrected chi connectivity index (χ4v) is 6.25. The number of halogens is 2. The maximum atomic E-state index is 14.9. The SMILES string of the molecule is COc1ccc(N(CC(=O)N(Cc2ccccc2F)C(Cc2ccccc2)C(=O)NC2CCCC2)S(C)(=O)=O)cc1Cl. The molecule has 1 N–H and O–H groups in total. The average molecular weight is 616 g/mol. The summed E-state index contributed by atoms with van der Waals surface area (Å²) in [6.07, 6.45) is 4.82. The van der Waals surface area contributed by atoms with Crippen molar-refractivity contribution in [1.29, 1.82) is 0 Å². The van der Waals surface area contributed by atoms with Crippen molar-refractivity contribution in [2.45, 2.75) is 50.7 Å². The number of nitrogens with zero attached hydrogens (tertiary/aromatic N) is 2. The van der Waals surface area contributed by atoms with Crippen LogP contribution in [0.4, 0.5) is 10.1 Å². The Morgan fingerprint density at radius 3 is 2.33 bits per heavy atom. The van der Waals surface area contributed by atoms with Gasteiger partial charge in [-0.3, -0.25) is 13.9 Å². The highest BCUT2D eigenvalue weighted by Gasteiger charge is 2.34. The zero-order chi connectivity index (χ0) is 30.3. The minimum atomic E-state index is -3.98. The molecule has 1 unspecified atom stereocenters. The highest BCUT2D eigenvalue weighted by Crippen LogP contribution is 2.30. The number of hydrogen-bond donors (Lipinski definition) is 1. The van der Waals surface area contributed by atoms with Crippen molar-refractivity contribution < 1.29 is 27.1 Å². The number of benzene rings is 3. The molecule has 1 atom stereocenters. The monoisotopic (exact) mass is 615 g/mol. The molecule has 42 heavy (non-hydrogen) atoms. The molecule has 0 aromatic heterocycles. The Labute approximate surface area is 251 Å². The lowest BCUT2D eigenvalue weighted by Crippen LogP contribution is -2.54. The number of hydrogen-bond acceptors (Lipinski definition) is 5. The minimum absolute atomic E-state index is 0.0184. The van der Waals surface area contributed by atoms with Crippen LogP contribution < -0.4 is 14.4 Å². The molecule has 0 aliphatic heterocycles. The Kier molecular flexibility index (Phi) is 10.5. The van der Waals surface area contributed by atoms with E-state index in [1.165, 1.54) is 42.3 Å². The van der Waals surface area contributed by atoms with Crippen LogP contribution in [0.5, 0.6) is 5.75 Å². The van der Waals surface area contributed by atoms with Gasteiger partial charge in [0, 0.05) is 24.6 Å². The second kappa shape index (κ2) is 14.0. The Bertz CT molecular complexity index is 1500. The summed E-state index contributed by atoms with van der Waals surface area (Å²) < 4.78 is 46.9. The van der Waals surface area contributed by atoms with E-state index in [4.69, 9.17) is 16.3 Å². The number of methoxy groups -OCH3 is 1. The molecule has 3 aromatic rings. The number of sulfonamides is 1. The number of ether oxygens (including phenoxy) is 1. The van der Waals surface area contributed by atoms with Gasteiger partial charge < -0.3 is 15.0 Å². The summed E-state index contributed by atoms with van der Waals surface area (Å²) in [6, 6.07) is 18.6. The van der Waals surface area contributed by atoms with E-state index in [0.29, 0.717) is 5.75 Å². The predicted octanol–water partition coefficient (Wildman–Crippen LogP) is 4.95. The molecule has 2 amide bonds. The second-order valence-electron chi connectivity index (χ2n) is 10.4. The Morgan fingerprint density at radius 1 is 1.05 bits per heavy atom. The van der Waals surface area contributed by atoms with Crippen molar-refractivity contribution in [3.8, 4) is 5.75 Å². The van der Waals surface area contributed by atoms with Crippen LogP contribution in [-0.4, -0.2) is 57.1 Å². The first kappa shape index (κ1) is 31.3. The number of rotatable bonds is 12. The molecular formula is C31H35ClFN3O5S. The number of amides is 2. The first-order chi connectivity index (χ1) is 20.1. The third kappa shape index (κ3) is 8.01. The van der Waals surface area contributed by atoms with E-state index in [1.54, 1.807) is 12.1 Å². The van der Waals surface area contributed by atoms with Gasteiger partial charge in [0.25, 0.3) is 0 Å². The third-order valence-electron chi connectivity index (χ3n) is 7.37. The molecule has 0 heterocycles. The normalized spacial score (nSPS) is 14.3. The molecule has 0 saturated heterocycles. The van der Waals surface area contributed by atoms with Gasteiger partial charge in [-0.1, -0.05) is 73.0 Å². The average Bonchev–Trinajstić information content (AvgIpc) is 3.47. The van der Waals surface area contributed by atoms with E-state index >= 15 is 0 Å². The minimum Gasteiger partial charge on any atom is -0.495 e. The summed E-state index contributed by atoms with van der Waals surface area (Å²) in [5, 5.41) is 3.24. The summed E-state index contributed by atoms with van der Waals surface area (Å²) in [6.45, 7) is -0.861. The lowest BCUT2D eigenvalue weighted by molar-refractivity contribution is -0.140. The molecule has 224 valence electrons. The van der Waals surface area contributed by atoms with Gasteiger partial charge in [0.05, 0.1) is 24.1 Å². The van der Waals surface area contributed by atoms with Gasteiger partial charge in [-0.2, -0.15) is 0 Å². The molecule has 0 bridgehead atoms. The molecule has 4 rings (SSSR count). The number of carbonyl (C=O) groups is 2. The van der Waals surface area contributed by atoms with Gasteiger partial charge in [-0.15, -0.1) is 0 Å². The van der Waals surface area contributed by atoms with Crippen LogP contribution in [0.25, 0.3) is 0 Å². The van der Waals surface area contributed by atoms with E-state index < -0.39 is 34.3 Å². The fraction of sp³-hybridized carbons (Fsp3) is 0.355. The van der Waals surface area contributed by atoms with Crippen molar-refractivity contribution in [2.24, 2.45) is 0 Å². The smallest absolute Gasteiger partial charge is 0.244 e. The van der Waals surface area contributed by atoms with E-state index in [0.717, 1.165) is 41.8 Å². The molecular weight excluding hydrogens is 581 g/mol. The van der Waals surface area contributed by atoms with Crippen molar-refractivity contribution in [3.63, 3.8) is 0 Å². The summed E-state index contributed by atoms with van der Waals surface area (Å²) in [5.41, 5.74) is 1.16. The molecule has 11 heteroatoms. The topological polar surface area (TPSA) is 96.0 Å². The summed E-state index contributed by atoms with van der Waals surface area (Å²) >= 11 is 6.27. The quantitative estimate of drug-likeness (QED) is 0.311. The van der Waals surface area contributed by atoms with Gasteiger partial charge in [0.1, 0.15) is 24.2 Å². The molecule has 3 aromatic carbocycles. The van der Waals surface area contributed by atoms with Crippen LogP contribution in [0.1, 0.15) is 36.8 Å². The summed E-state index contributed by atoms with van der Waals surface area (Å²) in [5.74, 6) is -1.23. The van der Waals surface area contributed by atoms with Crippen LogP contribution in [0.2, 0.25) is 5.02 Å². The zero-order valence-electron chi connectivity index (χ0n) is 23.6. The molecule has 8 nitrogen and oxygen atoms in total. The zero-order valence-corrected chi connectivity index (χ0v) is 25.2. The largest absolute Gasteiger partial charge is 0.495 e. The lowest BCUT2D eigenvalue weighted by Gasteiger charge is -2.34. The molecule has 1 aliphatic carbocycles. The van der Waals surface area contributed by atoms with Gasteiger partial charge in [-0.25, -0.2) is 12.8 Å². The predicted molar refractivity (Wildman–Crippen MR) is 161 cm³/mol. The van der Waals surface area contributed by atoms with Crippen LogP contribution in [-0.2, 0) is 32.6 Å². The Morgan fingerprint density at radius 2 is 1.71 bits per heavy atom. The first-order valence-electron chi connectivity index (χ1n) is 13.7. The van der Waals surface area contributed by atoms with E-state index in [2.05, 4.69) is 5.32 Å². The number of nitrogens with one attached hydrogen (secondary N) is 1. The highest BCUT2D eigenvalue weighted by atomic mass is 35.5. The Balaban J connectivity index is 1.74. The molecule has 0 radical (unpaired) electrons. The van der Waals surface area contributed by atoms with Crippen molar-refractivity contribution in [3.05, 3.63) is 94.8 Å². The molecule has 0 spiro atoms. The van der Waals surface area contributed by atoms with Crippen molar-refractivity contribution in [1.82, 2.24) is 10.2 Å². The van der Waals surface area contributed by atoms with Crippen molar-refractivity contribution in [2.75, 3.05) is 24.2 Å².